The first kappa shape index (κ1) is 31.4. The van der Waals surface area contributed by atoms with Gasteiger partial charge in [-0.3, -0.25) is 0 Å². The van der Waals surface area contributed by atoms with Crippen molar-refractivity contribution in [1.82, 2.24) is 0 Å². The monoisotopic (exact) mass is 712 g/mol. The van der Waals surface area contributed by atoms with Crippen molar-refractivity contribution in [3.8, 4) is 44.5 Å². The lowest BCUT2D eigenvalue weighted by Crippen LogP contribution is -2.15. The molecule has 1 nitrogen and oxygen atoms in total. The van der Waals surface area contributed by atoms with Gasteiger partial charge in [0.15, 0.2) is 0 Å². The van der Waals surface area contributed by atoms with Gasteiger partial charge < -0.3 is 4.42 Å². The number of hydrogen-bond donors (Lipinski definition) is 0. The lowest BCUT2D eigenvalue weighted by Gasteiger charge is -2.23. The summed E-state index contributed by atoms with van der Waals surface area (Å²) in [5, 5.41) is 12.3. The number of furan rings is 1. The van der Waals surface area contributed by atoms with Crippen LogP contribution in [0, 0.1) is 0 Å². The van der Waals surface area contributed by atoms with Crippen molar-refractivity contribution in [3.05, 3.63) is 193 Å². The maximum Gasteiger partial charge on any atom is 0.143 e. The number of benzene rings is 10. The predicted molar refractivity (Wildman–Crippen MR) is 238 cm³/mol. The molecule has 0 amide bonds. The van der Waals surface area contributed by atoms with E-state index in [1.54, 1.807) is 0 Å². The summed E-state index contributed by atoms with van der Waals surface area (Å²) in [4.78, 5) is 0. The molecule has 0 spiro atoms. The number of fused-ring (bicyclic) bond motifs is 11. The highest BCUT2D eigenvalue weighted by molar-refractivity contribution is 6.22. The third-order valence-electron chi connectivity index (χ3n) is 12.6. The molecule has 10 aromatic carbocycles. The Labute approximate surface area is 325 Å². The third-order valence-corrected chi connectivity index (χ3v) is 12.6. The molecule has 0 radical (unpaired) electrons. The van der Waals surface area contributed by atoms with Crippen LogP contribution in [0.3, 0.4) is 0 Å². The second-order valence-electron chi connectivity index (χ2n) is 16.0. The molecule has 0 N–H and O–H groups in total. The van der Waals surface area contributed by atoms with Crippen LogP contribution in [-0.4, -0.2) is 0 Å². The van der Waals surface area contributed by atoms with E-state index in [1.807, 2.05) is 6.07 Å². The van der Waals surface area contributed by atoms with Gasteiger partial charge in [-0.1, -0.05) is 166 Å². The Morgan fingerprint density at radius 1 is 0.339 bits per heavy atom. The Balaban J connectivity index is 1.03. The standard InChI is InChI=1S/C55H36O/c1-55(2)49-30-35(47-32-48-41-16-11-12-22-51(41)56-54(48)46-21-10-5-15-38(46)47)25-27-39(49)40-28-26-37(31-50(40)55)53-44-19-8-6-17-42(44)52(43-18-7-9-20-45(43)53)36-24-23-33-13-3-4-14-34(33)29-36/h3-32H,1-2H3. The Kier molecular flexibility index (Phi) is 6.46. The van der Waals surface area contributed by atoms with E-state index >= 15 is 0 Å². The normalized spacial score (nSPS) is 13.3. The van der Waals surface area contributed by atoms with Gasteiger partial charge in [0.1, 0.15) is 11.2 Å². The van der Waals surface area contributed by atoms with Crippen LogP contribution in [0.1, 0.15) is 25.0 Å². The number of hydrogen-bond acceptors (Lipinski definition) is 1. The highest BCUT2D eigenvalue weighted by Crippen LogP contribution is 2.53. The minimum atomic E-state index is -0.199. The van der Waals surface area contributed by atoms with Gasteiger partial charge in [0.05, 0.1) is 0 Å². The second-order valence-corrected chi connectivity index (χ2v) is 16.0. The molecule has 56 heavy (non-hydrogen) atoms. The van der Waals surface area contributed by atoms with Crippen LogP contribution in [0.4, 0.5) is 0 Å². The largest absolute Gasteiger partial charge is 0.455 e. The first-order chi connectivity index (χ1) is 27.5. The first-order valence-electron chi connectivity index (χ1n) is 19.6. The van der Waals surface area contributed by atoms with Crippen molar-refractivity contribution in [2.45, 2.75) is 19.3 Å². The summed E-state index contributed by atoms with van der Waals surface area (Å²) in [6.45, 7) is 4.80. The third kappa shape index (κ3) is 4.37. The molecular formula is C55H36O. The maximum atomic E-state index is 6.45. The van der Waals surface area contributed by atoms with Gasteiger partial charge in [0, 0.05) is 21.6 Å². The van der Waals surface area contributed by atoms with Crippen LogP contribution in [0.25, 0.3) is 110 Å². The van der Waals surface area contributed by atoms with Gasteiger partial charge in [-0.25, -0.2) is 0 Å². The van der Waals surface area contributed by atoms with Crippen LogP contribution in [0.2, 0.25) is 0 Å². The van der Waals surface area contributed by atoms with E-state index in [4.69, 9.17) is 4.42 Å². The topological polar surface area (TPSA) is 13.1 Å². The molecule has 12 rings (SSSR count). The molecule has 0 fully saturated rings. The van der Waals surface area contributed by atoms with Crippen LogP contribution >= 0.6 is 0 Å². The van der Waals surface area contributed by atoms with E-state index in [1.165, 1.54) is 93.3 Å². The lowest BCUT2D eigenvalue weighted by atomic mass is 9.79. The van der Waals surface area contributed by atoms with Gasteiger partial charge >= 0.3 is 0 Å². The predicted octanol–water partition coefficient (Wildman–Crippen LogP) is 15.5. The van der Waals surface area contributed by atoms with Crippen LogP contribution in [0.15, 0.2) is 186 Å². The van der Waals surface area contributed by atoms with Gasteiger partial charge in [0.2, 0.25) is 0 Å². The van der Waals surface area contributed by atoms with Gasteiger partial charge in [-0.15, -0.1) is 0 Å². The van der Waals surface area contributed by atoms with Crippen molar-refractivity contribution in [2.75, 3.05) is 0 Å². The highest BCUT2D eigenvalue weighted by atomic mass is 16.3. The van der Waals surface area contributed by atoms with E-state index in [9.17, 15) is 0 Å². The Morgan fingerprint density at radius 2 is 0.821 bits per heavy atom. The lowest BCUT2D eigenvalue weighted by molar-refractivity contribution is 0.661. The summed E-state index contributed by atoms with van der Waals surface area (Å²) in [6.07, 6.45) is 0. The molecule has 1 aliphatic rings. The van der Waals surface area contributed by atoms with E-state index in [2.05, 4.69) is 190 Å². The molecule has 0 aliphatic heterocycles. The minimum Gasteiger partial charge on any atom is -0.455 e. The molecule has 0 bridgehead atoms. The smallest absolute Gasteiger partial charge is 0.143 e. The van der Waals surface area contributed by atoms with Crippen molar-refractivity contribution >= 4 is 65.0 Å². The van der Waals surface area contributed by atoms with Gasteiger partial charge in [-0.05, 0) is 124 Å². The highest BCUT2D eigenvalue weighted by Gasteiger charge is 2.36. The summed E-state index contributed by atoms with van der Waals surface area (Å²) >= 11 is 0. The Morgan fingerprint density at radius 3 is 1.48 bits per heavy atom. The molecule has 11 aromatic rings. The van der Waals surface area contributed by atoms with Gasteiger partial charge in [-0.2, -0.15) is 0 Å². The summed E-state index contributed by atoms with van der Waals surface area (Å²) in [5.74, 6) is 0. The van der Waals surface area contributed by atoms with E-state index in [0.29, 0.717) is 0 Å². The Bertz CT molecular complexity index is 3390. The van der Waals surface area contributed by atoms with Crippen molar-refractivity contribution in [2.24, 2.45) is 0 Å². The quantitative estimate of drug-likeness (QED) is 0.166. The van der Waals surface area contributed by atoms with Crippen molar-refractivity contribution in [3.63, 3.8) is 0 Å². The molecule has 0 atom stereocenters. The fraction of sp³-hybridized carbons (Fsp3) is 0.0545. The summed E-state index contributed by atoms with van der Waals surface area (Å²) in [7, 11) is 0. The summed E-state index contributed by atoms with van der Waals surface area (Å²) in [6, 6.07) is 67.3. The van der Waals surface area contributed by atoms with Crippen LogP contribution in [-0.2, 0) is 5.41 Å². The molecule has 1 heteroatoms. The molecule has 0 saturated heterocycles. The van der Waals surface area contributed by atoms with Crippen molar-refractivity contribution < 1.29 is 4.42 Å². The average Bonchev–Trinajstić information content (AvgIpc) is 3.73. The first-order valence-corrected chi connectivity index (χ1v) is 19.6. The van der Waals surface area contributed by atoms with E-state index < -0.39 is 0 Å². The fourth-order valence-corrected chi connectivity index (χ4v) is 9.94. The number of para-hydroxylation sites is 1. The zero-order valence-corrected chi connectivity index (χ0v) is 31.2. The molecule has 0 unspecified atom stereocenters. The number of rotatable bonds is 3. The summed E-state index contributed by atoms with van der Waals surface area (Å²) < 4.78 is 6.45. The molecule has 0 saturated carbocycles. The van der Waals surface area contributed by atoms with E-state index in [0.717, 1.165) is 27.3 Å². The molecule has 262 valence electrons. The molecule has 1 aliphatic carbocycles. The summed E-state index contributed by atoms with van der Waals surface area (Å²) in [5.41, 5.74) is 14.6. The van der Waals surface area contributed by atoms with Crippen LogP contribution < -0.4 is 0 Å². The SMILES string of the molecule is CC1(C)c2cc(-c3c4ccccc4c(-c4ccc5ccccc5c4)c4ccccc34)ccc2-c2ccc(-c3cc4c5ccccc5oc4c4ccccc34)cc21. The Hall–Kier alpha value is -6.96. The average molecular weight is 713 g/mol. The zero-order valence-electron chi connectivity index (χ0n) is 31.2. The van der Waals surface area contributed by atoms with Gasteiger partial charge in [0.25, 0.3) is 0 Å². The van der Waals surface area contributed by atoms with Crippen LogP contribution in [0.5, 0.6) is 0 Å². The molecule has 1 heterocycles. The second kappa shape index (κ2) is 11.5. The van der Waals surface area contributed by atoms with E-state index in [-0.39, 0.29) is 5.41 Å². The molecular weight excluding hydrogens is 677 g/mol. The molecule has 1 aromatic heterocycles. The minimum absolute atomic E-state index is 0.199. The maximum absolute atomic E-state index is 6.45. The fourth-order valence-electron chi connectivity index (χ4n) is 9.94. The van der Waals surface area contributed by atoms with Crippen molar-refractivity contribution in [1.29, 1.82) is 0 Å². The zero-order chi connectivity index (χ0) is 37.1.